The number of nitrogens with one attached hydrogen (secondary N) is 1. The van der Waals surface area contributed by atoms with Gasteiger partial charge in [-0.15, -0.1) is 0 Å². The lowest BCUT2D eigenvalue weighted by atomic mass is 10.2. The molecule has 0 atom stereocenters. The highest BCUT2D eigenvalue weighted by Crippen LogP contribution is 2.07. The van der Waals surface area contributed by atoms with Gasteiger partial charge in [-0.25, -0.2) is 4.98 Å². The van der Waals surface area contributed by atoms with Gasteiger partial charge in [-0.3, -0.25) is 4.98 Å². The SMILES string of the molecule is Cc1cc(NCCc2ccncc2)nc(N)n1. The second-order valence-electron chi connectivity index (χ2n) is 3.79. The number of aromatic nitrogens is 3. The molecule has 17 heavy (non-hydrogen) atoms. The van der Waals surface area contributed by atoms with Crippen molar-refractivity contribution in [3.8, 4) is 0 Å². The van der Waals surface area contributed by atoms with Crippen molar-refractivity contribution in [3.63, 3.8) is 0 Å². The van der Waals surface area contributed by atoms with Gasteiger partial charge < -0.3 is 11.1 Å². The quantitative estimate of drug-likeness (QED) is 0.829. The van der Waals surface area contributed by atoms with Crippen molar-refractivity contribution in [2.24, 2.45) is 0 Å². The Balaban J connectivity index is 1.90. The maximum absolute atomic E-state index is 5.57. The summed E-state index contributed by atoms with van der Waals surface area (Å²) >= 11 is 0. The average molecular weight is 229 g/mol. The van der Waals surface area contributed by atoms with Crippen LogP contribution in [-0.2, 0) is 6.42 Å². The molecule has 2 rings (SSSR count). The van der Waals surface area contributed by atoms with Crippen LogP contribution in [0.5, 0.6) is 0 Å². The van der Waals surface area contributed by atoms with Crippen LogP contribution in [-0.4, -0.2) is 21.5 Å². The van der Waals surface area contributed by atoms with Crippen molar-refractivity contribution < 1.29 is 0 Å². The molecule has 0 aliphatic heterocycles. The molecule has 0 fully saturated rings. The summed E-state index contributed by atoms with van der Waals surface area (Å²) in [7, 11) is 0. The molecule has 0 saturated heterocycles. The topological polar surface area (TPSA) is 76.7 Å². The van der Waals surface area contributed by atoms with Gasteiger partial charge in [0.2, 0.25) is 5.95 Å². The van der Waals surface area contributed by atoms with Crippen molar-refractivity contribution in [1.82, 2.24) is 15.0 Å². The highest BCUT2D eigenvalue weighted by atomic mass is 15.1. The maximum Gasteiger partial charge on any atom is 0.222 e. The van der Waals surface area contributed by atoms with E-state index in [1.54, 1.807) is 12.4 Å². The Morgan fingerprint density at radius 2 is 2.00 bits per heavy atom. The fraction of sp³-hybridized carbons (Fsp3) is 0.250. The van der Waals surface area contributed by atoms with E-state index in [0.29, 0.717) is 5.95 Å². The standard InChI is InChI=1S/C12H15N5/c1-9-8-11(17-12(13)16-9)15-7-4-10-2-5-14-6-3-10/h2-3,5-6,8H,4,7H2,1H3,(H3,13,15,16,17). The average Bonchev–Trinajstić information content (AvgIpc) is 2.29. The summed E-state index contributed by atoms with van der Waals surface area (Å²) in [5, 5.41) is 3.22. The molecule has 0 aromatic carbocycles. The van der Waals surface area contributed by atoms with Crippen LogP contribution in [0.1, 0.15) is 11.3 Å². The zero-order valence-electron chi connectivity index (χ0n) is 9.72. The molecule has 0 bridgehead atoms. The van der Waals surface area contributed by atoms with Gasteiger partial charge in [0.25, 0.3) is 0 Å². The third-order valence-corrected chi connectivity index (χ3v) is 2.34. The van der Waals surface area contributed by atoms with Crippen LogP contribution in [0.3, 0.4) is 0 Å². The minimum Gasteiger partial charge on any atom is -0.370 e. The van der Waals surface area contributed by atoms with E-state index in [1.807, 2.05) is 25.1 Å². The van der Waals surface area contributed by atoms with Gasteiger partial charge in [0.15, 0.2) is 0 Å². The lowest BCUT2D eigenvalue weighted by Gasteiger charge is -2.06. The smallest absolute Gasteiger partial charge is 0.222 e. The van der Waals surface area contributed by atoms with Crippen LogP contribution < -0.4 is 11.1 Å². The highest BCUT2D eigenvalue weighted by Gasteiger charge is 1.98. The van der Waals surface area contributed by atoms with Crippen LogP contribution in [0.4, 0.5) is 11.8 Å². The molecule has 0 spiro atoms. The molecule has 2 aromatic heterocycles. The van der Waals surface area contributed by atoms with E-state index < -0.39 is 0 Å². The normalized spacial score (nSPS) is 10.2. The van der Waals surface area contributed by atoms with E-state index in [0.717, 1.165) is 24.5 Å². The number of aryl methyl sites for hydroxylation is 1. The first-order valence-corrected chi connectivity index (χ1v) is 5.48. The predicted octanol–water partition coefficient (Wildman–Crippen LogP) is 1.42. The van der Waals surface area contributed by atoms with Gasteiger partial charge in [0, 0.05) is 30.7 Å². The largest absolute Gasteiger partial charge is 0.370 e. The first-order valence-electron chi connectivity index (χ1n) is 5.48. The van der Waals surface area contributed by atoms with Gasteiger partial charge in [0.05, 0.1) is 0 Å². The van der Waals surface area contributed by atoms with Crippen molar-refractivity contribution in [3.05, 3.63) is 41.9 Å². The summed E-state index contributed by atoms with van der Waals surface area (Å²) in [6.45, 7) is 2.70. The van der Waals surface area contributed by atoms with E-state index in [2.05, 4.69) is 20.3 Å². The fourth-order valence-electron chi connectivity index (χ4n) is 1.57. The number of rotatable bonds is 4. The van der Waals surface area contributed by atoms with Crippen molar-refractivity contribution in [2.45, 2.75) is 13.3 Å². The van der Waals surface area contributed by atoms with Crippen LogP contribution in [0, 0.1) is 6.92 Å². The van der Waals surface area contributed by atoms with Crippen LogP contribution in [0.25, 0.3) is 0 Å². The third kappa shape index (κ3) is 3.41. The Bertz CT molecular complexity index is 463. The summed E-state index contributed by atoms with van der Waals surface area (Å²) in [6, 6.07) is 5.88. The molecule has 2 aromatic rings. The summed E-state index contributed by atoms with van der Waals surface area (Å²) < 4.78 is 0. The molecule has 5 heteroatoms. The molecule has 0 aliphatic rings. The summed E-state index contributed by atoms with van der Waals surface area (Å²) in [4.78, 5) is 12.1. The minimum absolute atomic E-state index is 0.302. The second-order valence-corrected chi connectivity index (χ2v) is 3.79. The number of pyridine rings is 1. The second kappa shape index (κ2) is 5.25. The molecule has 0 unspecified atom stereocenters. The minimum atomic E-state index is 0.302. The molecular weight excluding hydrogens is 214 g/mol. The van der Waals surface area contributed by atoms with Crippen molar-refractivity contribution in [2.75, 3.05) is 17.6 Å². The van der Waals surface area contributed by atoms with Gasteiger partial charge in [0.1, 0.15) is 5.82 Å². The van der Waals surface area contributed by atoms with E-state index in [-0.39, 0.29) is 0 Å². The summed E-state index contributed by atoms with van der Waals surface area (Å²) in [5.74, 6) is 1.07. The number of hydrogen-bond acceptors (Lipinski definition) is 5. The predicted molar refractivity (Wildman–Crippen MR) is 67.6 cm³/mol. The monoisotopic (exact) mass is 229 g/mol. The Hall–Kier alpha value is -2.17. The third-order valence-electron chi connectivity index (χ3n) is 2.34. The number of nitrogen functional groups attached to an aromatic ring is 1. The van der Waals surface area contributed by atoms with E-state index in [1.165, 1.54) is 5.56 Å². The summed E-state index contributed by atoms with van der Waals surface area (Å²) in [5.41, 5.74) is 7.68. The van der Waals surface area contributed by atoms with E-state index in [9.17, 15) is 0 Å². The van der Waals surface area contributed by atoms with Crippen molar-refractivity contribution in [1.29, 1.82) is 0 Å². The molecule has 2 heterocycles. The zero-order chi connectivity index (χ0) is 12.1. The van der Waals surface area contributed by atoms with E-state index >= 15 is 0 Å². The lowest BCUT2D eigenvalue weighted by Crippen LogP contribution is -2.08. The number of nitrogens with zero attached hydrogens (tertiary/aromatic N) is 3. The lowest BCUT2D eigenvalue weighted by molar-refractivity contribution is 0.991. The Labute approximate surface area is 100 Å². The Kier molecular flexibility index (Phi) is 3.49. The molecule has 88 valence electrons. The van der Waals surface area contributed by atoms with Gasteiger partial charge in [-0.1, -0.05) is 0 Å². The molecule has 3 N–H and O–H groups in total. The van der Waals surface area contributed by atoms with Crippen LogP contribution >= 0.6 is 0 Å². The maximum atomic E-state index is 5.57. The molecule has 0 amide bonds. The number of nitrogens with two attached hydrogens (primary N) is 1. The Morgan fingerprint density at radius 3 is 2.71 bits per heavy atom. The molecular formula is C12H15N5. The van der Waals surface area contributed by atoms with Gasteiger partial charge >= 0.3 is 0 Å². The number of anilines is 2. The number of hydrogen-bond donors (Lipinski definition) is 2. The Morgan fingerprint density at radius 1 is 1.24 bits per heavy atom. The molecule has 5 nitrogen and oxygen atoms in total. The zero-order valence-corrected chi connectivity index (χ0v) is 9.72. The van der Waals surface area contributed by atoms with Crippen LogP contribution in [0.2, 0.25) is 0 Å². The van der Waals surface area contributed by atoms with Gasteiger partial charge in [-0.05, 0) is 31.0 Å². The van der Waals surface area contributed by atoms with Crippen molar-refractivity contribution >= 4 is 11.8 Å². The fourth-order valence-corrected chi connectivity index (χ4v) is 1.57. The first kappa shape index (κ1) is 11.3. The van der Waals surface area contributed by atoms with Crippen LogP contribution in [0.15, 0.2) is 30.6 Å². The molecule has 0 aliphatic carbocycles. The first-order chi connectivity index (χ1) is 8.24. The molecule has 0 radical (unpaired) electrons. The summed E-state index contributed by atoms with van der Waals surface area (Å²) in [6.07, 6.45) is 4.51. The molecule has 0 saturated carbocycles. The van der Waals surface area contributed by atoms with E-state index in [4.69, 9.17) is 5.73 Å². The highest BCUT2D eigenvalue weighted by molar-refractivity contribution is 5.40. The van der Waals surface area contributed by atoms with Gasteiger partial charge in [-0.2, -0.15) is 4.98 Å².